The Kier molecular flexibility index (Phi) is 4.13. The number of hydrogen-bond donors (Lipinski definition) is 1. The van der Waals surface area contributed by atoms with Crippen LogP contribution >= 0.6 is 27.7 Å². The minimum absolute atomic E-state index is 0.422. The number of rotatable bonds is 5. The third-order valence-corrected chi connectivity index (χ3v) is 4.47. The molecular formula is C13H15BrN2S. The molecular weight excluding hydrogens is 296 g/mol. The first-order valence-corrected chi connectivity index (χ1v) is 7.46. The van der Waals surface area contributed by atoms with E-state index in [9.17, 15) is 5.26 Å². The van der Waals surface area contributed by atoms with Crippen molar-refractivity contribution in [3.8, 4) is 6.07 Å². The Hall–Kier alpha value is -0.500. The topological polar surface area (TPSA) is 35.8 Å². The molecule has 1 aromatic rings. The van der Waals surface area contributed by atoms with Gasteiger partial charge in [-0.3, -0.25) is 5.32 Å². The summed E-state index contributed by atoms with van der Waals surface area (Å²) >= 11 is 5.18. The second-order valence-corrected chi connectivity index (χ2v) is 6.57. The van der Waals surface area contributed by atoms with Crippen LogP contribution in [-0.2, 0) is 0 Å². The highest BCUT2D eigenvalue weighted by Crippen LogP contribution is 2.28. The Morgan fingerprint density at radius 2 is 2.35 bits per heavy atom. The third kappa shape index (κ3) is 4.02. The van der Waals surface area contributed by atoms with Gasteiger partial charge in [-0.25, -0.2) is 0 Å². The lowest BCUT2D eigenvalue weighted by Gasteiger charge is -2.22. The second kappa shape index (κ2) is 5.43. The van der Waals surface area contributed by atoms with Gasteiger partial charge in [-0.2, -0.15) is 5.26 Å². The van der Waals surface area contributed by atoms with Gasteiger partial charge in [0.1, 0.15) is 5.54 Å². The largest absolute Gasteiger partial charge is 0.296 e. The molecule has 2 rings (SSSR count). The molecule has 1 atom stereocenters. The monoisotopic (exact) mass is 310 g/mol. The minimum Gasteiger partial charge on any atom is -0.296 e. The van der Waals surface area contributed by atoms with Crippen LogP contribution in [-0.4, -0.2) is 17.3 Å². The minimum atomic E-state index is -0.422. The van der Waals surface area contributed by atoms with Crippen LogP contribution in [0.25, 0.3) is 0 Å². The summed E-state index contributed by atoms with van der Waals surface area (Å²) in [4.78, 5) is 1.19. The van der Waals surface area contributed by atoms with Gasteiger partial charge >= 0.3 is 0 Å². The normalized spacial score (nSPS) is 18.4. The van der Waals surface area contributed by atoms with E-state index in [0.717, 1.165) is 10.2 Å². The zero-order valence-electron chi connectivity index (χ0n) is 9.74. The standard InChI is InChI=1S/C13H15BrN2S/c1-13(8-15,16-11-5-6-11)9-17-12-4-2-3-10(14)7-12/h2-4,7,11,16H,5-6,9H2,1H3. The van der Waals surface area contributed by atoms with Gasteiger partial charge in [-0.15, -0.1) is 11.8 Å². The predicted molar refractivity (Wildman–Crippen MR) is 75.0 cm³/mol. The van der Waals surface area contributed by atoms with Crippen molar-refractivity contribution >= 4 is 27.7 Å². The smallest absolute Gasteiger partial charge is 0.113 e. The Bertz CT molecular complexity index is 439. The molecule has 90 valence electrons. The van der Waals surface area contributed by atoms with Crippen LogP contribution in [0.1, 0.15) is 19.8 Å². The van der Waals surface area contributed by atoms with Crippen LogP contribution in [0.4, 0.5) is 0 Å². The van der Waals surface area contributed by atoms with Crippen LogP contribution in [0.2, 0.25) is 0 Å². The van der Waals surface area contributed by atoms with E-state index in [2.05, 4.69) is 39.4 Å². The summed E-state index contributed by atoms with van der Waals surface area (Å²) < 4.78 is 1.08. The van der Waals surface area contributed by atoms with Crippen molar-refractivity contribution in [1.82, 2.24) is 5.32 Å². The van der Waals surface area contributed by atoms with Crippen molar-refractivity contribution in [2.24, 2.45) is 0 Å². The molecule has 2 nitrogen and oxygen atoms in total. The molecule has 1 fully saturated rings. The number of nitrogens with zero attached hydrogens (tertiary/aromatic N) is 1. The Labute approximate surface area is 115 Å². The number of hydrogen-bond acceptors (Lipinski definition) is 3. The zero-order valence-corrected chi connectivity index (χ0v) is 12.1. The van der Waals surface area contributed by atoms with Crippen molar-refractivity contribution in [3.63, 3.8) is 0 Å². The van der Waals surface area contributed by atoms with Gasteiger partial charge in [-0.1, -0.05) is 22.0 Å². The fourth-order valence-electron chi connectivity index (χ4n) is 1.57. The average Bonchev–Trinajstić information content (AvgIpc) is 3.11. The van der Waals surface area contributed by atoms with Crippen molar-refractivity contribution in [2.75, 3.05) is 5.75 Å². The van der Waals surface area contributed by atoms with Crippen LogP contribution in [0.5, 0.6) is 0 Å². The van der Waals surface area contributed by atoms with Gasteiger partial charge in [0.15, 0.2) is 0 Å². The number of halogens is 1. The van der Waals surface area contributed by atoms with Gasteiger partial charge in [-0.05, 0) is 38.0 Å². The lowest BCUT2D eigenvalue weighted by Crippen LogP contribution is -2.44. The van der Waals surface area contributed by atoms with E-state index >= 15 is 0 Å². The first-order chi connectivity index (χ1) is 8.11. The third-order valence-electron chi connectivity index (χ3n) is 2.67. The fraction of sp³-hybridized carbons (Fsp3) is 0.462. The SMILES string of the molecule is CC(C#N)(CSc1cccc(Br)c1)NC1CC1. The highest BCUT2D eigenvalue weighted by Gasteiger charge is 2.32. The zero-order chi connectivity index (χ0) is 12.3. The van der Waals surface area contributed by atoms with E-state index in [4.69, 9.17) is 0 Å². The first kappa shape index (κ1) is 12.9. The number of nitriles is 1. The molecule has 1 aliphatic rings. The highest BCUT2D eigenvalue weighted by atomic mass is 79.9. The summed E-state index contributed by atoms with van der Waals surface area (Å²) in [7, 11) is 0. The summed E-state index contributed by atoms with van der Waals surface area (Å²) in [5, 5.41) is 12.7. The highest BCUT2D eigenvalue weighted by molar-refractivity contribution is 9.10. The van der Waals surface area contributed by atoms with Crippen molar-refractivity contribution < 1.29 is 0 Å². The predicted octanol–water partition coefficient (Wildman–Crippen LogP) is 3.58. The second-order valence-electron chi connectivity index (χ2n) is 4.61. The van der Waals surface area contributed by atoms with Crippen LogP contribution < -0.4 is 5.32 Å². The Balaban J connectivity index is 1.93. The number of benzene rings is 1. The quantitative estimate of drug-likeness (QED) is 0.844. The average molecular weight is 311 g/mol. The molecule has 0 saturated heterocycles. The maximum absolute atomic E-state index is 9.26. The fourth-order valence-corrected chi connectivity index (χ4v) is 3.11. The lowest BCUT2D eigenvalue weighted by molar-refractivity contribution is 0.490. The molecule has 1 unspecified atom stereocenters. The number of nitrogens with one attached hydrogen (secondary N) is 1. The van der Waals surface area contributed by atoms with E-state index in [0.29, 0.717) is 6.04 Å². The molecule has 0 aromatic heterocycles. The molecule has 0 radical (unpaired) electrons. The molecule has 1 N–H and O–H groups in total. The Morgan fingerprint density at radius 1 is 1.59 bits per heavy atom. The molecule has 1 aromatic carbocycles. The maximum Gasteiger partial charge on any atom is 0.113 e. The first-order valence-electron chi connectivity index (χ1n) is 5.69. The van der Waals surface area contributed by atoms with Crippen LogP contribution in [0.15, 0.2) is 33.6 Å². The van der Waals surface area contributed by atoms with E-state index in [-0.39, 0.29) is 0 Å². The molecule has 17 heavy (non-hydrogen) atoms. The maximum atomic E-state index is 9.26. The van der Waals surface area contributed by atoms with Gasteiger partial charge < -0.3 is 0 Å². The molecule has 0 spiro atoms. The summed E-state index contributed by atoms with van der Waals surface area (Å²) in [6.45, 7) is 1.98. The van der Waals surface area contributed by atoms with E-state index in [1.54, 1.807) is 11.8 Å². The summed E-state index contributed by atoms with van der Waals surface area (Å²) in [6, 6.07) is 11.1. The molecule has 0 bridgehead atoms. The van der Waals surface area contributed by atoms with Crippen LogP contribution in [0, 0.1) is 11.3 Å². The Morgan fingerprint density at radius 3 is 2.94 bits per heavy atom. The van der Waals surface area contributed by atoms with Gasteiger partial charge in [0.2, 0.25) is 0 Å². The van der Waals surface area contributed by atoms with E-state index < -0.39 is 5.54 Å². The molecule has 1 aliphatic carbocycles. The lowest BCUT2D eigenvalue weighted by atomic mass is 10.1. The van der Waals surface area contributed by atoms with E-state index in [1.807, 2.05) is 19.1 Å². The summed E-state index contributed by atoms with van der Waals surface area (Å²) in [5.41, 5.74) is -0.422. The van der Waals surface area contributed by atoms with Crippen molar-refractivity contribution in [1.29, 1.82) is 5.26 Å². The molecule has 1 saturated carbocycles. The van der Waals surface area contributed by atoms with E-state index in [1.165, 1.54) is 17.7 Å². The number of thioether (sulfide) groups is 1. The molecule has 0 heterocycles. The van der Waals surface area contributed by atoms with Crippen molar-refractivity contribution in [2.45, 2.75) is 36.2 Å². The molecule has 0 amide bonds. The molecule has 4 heteroatoms. The summed E-state index contributed by atoms with van der Waals surface area (Å²) in [5.74, 6) is 0.774. The van der Waals surface area contributed by atoms with Gasteiger partial charge in [0.05, 0.1) is 6.07 Å². The van der Waals surface area contributed by atoms with Gasteiger partial charge in [0, 0.05) is 21.2 Å². The molecule has 0 aliphatic heterocycles. The summed E-state index contributed by atoms with van der Waals surface area (Å²) in [6.07, 6.45) is 2.41. The van der Waals surface area contributed by atoms with Crippen LogP contribution in [0.3, 0.4) is 0 Å². The van der Waals surface area contributed by atoms with Crippen molar-refractivity contribution in [3.05, 3.63) is 28.7 Å². The van der Waals surface area contributed by atoms with Gasteiger partial charge in [0.25, 0.3) is 0 Å².